The van der Waals surface area contributed by atoms with E-state index in [0.717, 1.165) is 18.6 Å². The summed E-state index contributed by atoms with van der Waals surface area (Å²) in [5.41, 5.74) is 3.21. The molecule has 0 radical (unpaired) electrons. The first-order chi connectivity index (χ1) is 8.03. The van der Waals surface area contributed by atoms with E-state index >= 15 is 0 Å². The van der Waals surface area contributed by atoms with E-state index in [4.69, 9.17) is 9.84 Å². The minimum Gasteiger partial charge on any atom is -0.481 e. The van der Waals surface area contributed by atoms with Gasteiger partial charge in [-0.05, 0) is 31.4 Å². The Morgan fingerprint density at radius 1 is 1.47 bits per heavy atom. The second-order valence-electron chi connectivity index (χ2n) is 4.80. The Bertz CT molecular complexity index is 433. The predicted molar refractivity (Wildman–Crippen MR) is 65.0 cm³/mol. The molecule has 1 aromatic rings. The van der Waals surface area contributed by atoms with Crippen LogP contribution in [0.5, 0.6) is 0 Å². The molecule has 1 aliphatic rings. The zero-order chi connectivity index (χ0) is 12.5. The average molecular weight is 234 g/mol. The summed E-state index contributed by atoms with van der Waals surface area (Å²) >= 11 is 0. The first-order valence-corrected chi connectivity index (χ1v) is 5.97. The van der Waals surface area contributed by atoms with Crippen LogP contribution in [-0.2, 0) is 15.1 Å². The number of rotatable bonds is 4. The number of hydrogen-bond donors (Lipinski definition) is 1. The van der Waals surface area contributed by atoms with Gasteiger partial charge in [-0.1, -0.05) is 23.8 Å². The number of carboxylic acid groups (broad SMARTS) is 1. The molecule has 1 unspecified atom stereocenters. The molecule has 3 heteroatoms. The van der Waals surface area contributed by atoms with Gasteiger partial charge in [0, 0.05) is 12.8 Å². The second kappa shape index (κ2) is 4.49. The SMILES string of the molecule is Cc1ccc(C2(CCC(=O)O)CCO2)c(C)c1. The average Bonchev–Trinajstić information content (AvgIpc) is 2.18. The van der Waals surface area contributed by atoms with Crippen LogP contribution >= 0.6 is 0 Å². The molecule has 0 aromatic heterocycles. The maximum absolute atomic E-state index is 10.7. The van der Waals surface area contributed by atoms with E-state index in [0.29, 0.717) is 6.42 Å². The second-order valence-corrected chi connectivity index (χ2v) is 4.80. The van der Waals surface area contributed by atoms with Crippen molar-refractivity contribution in [2.45, 2.75) is 38.7 Å². The number of ether oxygens (including phenoxy) is 1. The molecule has 1 N–H and O–H groups in total. The molecule has 0 saturated carbocycles. The zero-order valence-corrected chi connectivity index (χ0v) is 10.3. The molecule has 92 valence electrons. The number of carbonyl (C=O) groups is 1. The normalized spacial score (nSPS) is 23.2. The molecule has 0 bridgehead atoms. The summed E-state index contributed by atoms with van der Waals surface area (Å²) in [6.07, 6.45) is 1.64. The van der Waals surface area contributed by atoms with Gasteiger partial charge in [-0.3, -0.25) is 4.79 Å². The lowest BCUT2D eigenvalue weighted by atomic mass is 9.80. The van der Waals surface area contributed by atoms with E-state index in [1.54, 1.807) is 0 Å². The molecule has 1 saturated heterocycles. The van der Waals surface area contributed by atoms with Gasteiger partial charge < -0.3 is 9.84 Å². The van der Waals surface area contributed by atoms with Gasteiger partial charge in [-0.25, -0.2) is 0 Å². The van der Waals surface area contributed by atoms with Crippen molar-refractivity contribution >= 4 is 5.97 Å². The molecule has 1 aliphatic heterocycles. The lowest BCUT2D eigenvalue weighted by molar-refractivity contribution is -0.166. The van der Waals surface area contributed by atoms with Crippen molar-refractivity contribution in [2.24, 2.45) is 0 Å². The third-order valence-electron chi connectivity index (χ3n) is 3.50. The van der Waals surface area contributed by atoms with Crippen molar-refractivity contribution in [3.05, 3.63) is 34.9 Å². The van der Waals surface area contributed by atoms with E-state index in [1.165, 1.54) is 11.1 Å². The maximum atomic E-state index is 10.7. The molecule has 1 fully saturated rings. The van der Waals surface area contributed by atoms with Gasteiger partial charge in [0.1, 0.15) is 0 Å². The van der Waals surface area contributed by atoms with Crippen molar-refractivity contribution in [3.8, 4) is 0 Å². The molecule has 0 spiro atoms. The Morgan fingerprint density at radius 2 is 2.18 bits per heavy atom. The molecule has 1 aromatic carbocycles. The van der Waals surface area contributed by atoms with Crippen LogP contribution in [0.25, 0.3) is 0 Å². The van der Waals surface area contributed by atoms with Crippen molar-refractivity contribution in [1.82, 2.24) is 0 Å². The molecule has 17 heavy (non-hydrogen) atoms. The van der Waals surface area contributed by atoms with Gasteiger partial charge in [-0.2, -0.15) is 0 Å². The Labute approximate surface area is 101 Å². The molecule has 3 nitrogen and oxygen atoms in total. The van der Waals surface area contributed by atoms with Gasteiger partial charge in [0.05, 0.1) is 12.2 Å². The van der Waals surface area contributed by atoms with Crippen molar-refractivity contribution < 1.29 is 14.6 Å². The van der Waals surface area contributed by atoms with E-state index in [9.17, 15) is 4.79 Å². The molecular weight excluding hydrogens is 216 g/mol. The van der Waals surface area contributed by atoms with E-state index in [1.807, 2.05) is 0 Å². The highest BCUT2D eigenvalue weighted by Crippen LogP contribution is 2.42. The lowest BCUT2D eigenvalue weighted by Crippen LogP contribution is -2.41. The smallest absolute Gasteiger partial charge is 0.303 e. The fourth-order valence-electron chi connectivity index (χ4n) is 2.53. The molecular formula is C14H18O3. The monoisotopic (exact) mass is 234 g/mol. The topological polar surface area (TPSA) is 46.5 Å². The third kappa shape index (κ3) is 2.34. The van der Waals surface area contributed by atoms with E-state index in [-0.39, 0.29) is 12.0 Å². The van der Waals surface area contributed by atoms with Gasteiger partial charge in [0.2, 0.25) is 0 Å². The molecule has 0 amide bonds. The summed E-state index contributed by atoms with van der Waals surface area (Å²) in [4.78, 5) is 10.7. The minimum absolute atomic E-state index is 0.160. The maximum Gasteiger partial charge on any atom is 0.303 e. The Balaban J connectivity index is 2.25. The summed E-state index contributed by atoms with van der Waals surface area (Å²) in [7, 11) is 0. The number of aliphatic carboxylic acids is 1. The van der Waals surface area contributed by atoms with Crippen LogP contribution in [0.1, 0.15) is 36.0 Å². The van der Waals surface area contributed by atoms with Crippen LogP contribution in [0, 0.1) is 13.8 Å². The summed E-state index contributed by atoms with van der Waals surface area (Å²) < 4.78 is 5.71. The van der Waals surface area contributed by atoms with E-state index in [2.05, 4.69) is 32.0 Å². The van der Waals surface area contributed by atoms with Crippen LogP contribution in [0.2, 0.25) is 0 Å². The van der Waals surface area contributed by atoms with Gasteiger partial charge >= 0.3 is 5.97 Å². The van der Waals surface area contributed by atoms with Crippen LogP contribution in [0.15, 0.2) is 18.2 Å². The van der Waals surface area contributed by atoms with Crippen LogP contribution in [0.4, 0.5) is 0 Å². The largest absolute Gasteiger partial charge is 0.481 e. The van der Waals surface area contributed by atoms with Gasteiger partial charge in [-0.15, -0.1) is 0 Å². The highest BCUT2D eigenvalue weighted by Gasteiger charge is 2.41. The first-order valence-electron chi connectivity index (χ1n) is 5.97. The van der Waals surface area contributed by atoms with Crippen LogP contribution in [-0.4, -0.2) is 17.7 Å². The lowest BCUT2D eigenvalue weighted by Gasteiger charge is -2.43. The fourth-order valence-corrected chi connectivity index (χ4v) is 2.53. The summed E-state index contributed by atoms with van der Waals surface area (Å²) in [6, 6.07) is 6.26. The first kappa shape index (κ1) is 12.1. The Hall–Kier alpha value is -1.35. The van der Waals surface area contributed by atoms with Gasteiger partial charge in [0.25, 0.3) is 0 Å². The quantitative estimate of drug-likeness (QED) is 0.871. The van der Waals surface area contributed by atoms with Crippen molar-refractivity contribution in [1.29, 1.82) is 0 Å². The predicted octanol–water partition coefficient (Wildman–Crippen LogP) is 2.78. The molecule has 1 atom stereocenters. The zero-order valence-electron chi connectivity index (χ0n) is 10.3. The Kier molecular flexibility index (Phi) is 3.20. The minimum atomic E-state index is -0.760. The highest BCUT2D eigenvalue weighted by atomic mass is 16.5. The summed E-state index contributed by atoms with van der Waals surface area (Å²) in [5, 5.41) is 8.80. The number of aryl methyl sites for hydroxylation is 2. The van der Waals surface area contributed by atoms with Gasteiger partial charge in [0.15, 0.2) is 0 Å². The van der Waals surface area contributed by atoms with Crippen LogP contribution < -0.4 is 0 Å². The van der Waals surface area contributed by atoms with Crippen LogP contribution in [0.3, 0.4) is 0 Å². The molecule has 2 rings (SSSR count). The molecule has 1 heterocycles. The fraction of sp³-hybridized carbons (Fsp3) is 0.500. The number of carboxylic acids is 1. The third-order valence-corrected chi connectivity index (χ3v) is 3.50. The number of benzene rings is 1. The summed E-state index contributed by atoms with van der Waals surface area (Å²) in [5.74, 6) is -0.760. The van der Waals surface area contributed by atoms with Crippen molar-refractivity contribution in [3.63, 3.8) is 0 Å². The van der Waals surface area contributed by atoms with Crippen molar-refractivity contribution in [2.75, 3.05) is 6.61 Å². The standard InChI is InChI=1S/C14H18O3/c1-10-3-4-12(11(2)9-10)14(7-8-17-14)6-5-13(15)16/h3-4,9H,5-8H2,1-2H3,(H,15,16). The summed E-state index contributed by atoms with van der Waals surface area (Å²) in [6.45, 7) is 4.85. The molecule has 0 aliphatic carbocycles. The Morgan fingerprint density at radius 3 is 2.65 bits per heavy atom. The highest BCUT2D eigenvalue weighted by molar-refractivity contribution is 5.66. The number of hydrogen-bond acceptors (Lipinski definition) is 2. The van der Waals surface area contributed by atoms with E-state index < -0.39 is 5.97 Å².